The Hall–Kier alpha value is -1.16. The molecule has 2 rings (SSSR count). The van der Waals surface area contributed by atoms with Crippen LogP contribution in [0.15, 0.2) is 24.3 Å². The first-order valence-corrected chi connectivity index (χ1v) is 6.08. The Kier molecular flexibility index (Phi) is 4.31. The molecule has 0 spiro atoms. The van der Waals surface area contributed by atoms with Crippen LogP contribution in [0.2, 0.25) is 0 Å². The molecule has 4 heteroatoms. The van der Waals surface area contributed by atoms with Crippen LogP contribution in [0.3, 0.4) is 0 Å². The molecule has 1 aliphatic heterocycles. The van der Waals surface area contributed by atoms with E-state index in [1.807, 2.05) is 18.2 Å². The van der Waals surface area contributed by atoms with Crippen molar-refractivity contribution >= 4 is 5.69 Å². The molecule has 1 atom stereocenters. The summed E-state index contributed by atoms with van der Waals surface area (Å²) in [4.78, 5) is 0. The number of hydrogen-bond acceptors (Lipinski definition) is 2. The Morgan fingerprint density at radius 3 is 3.00 bits per heavy atom. The zero-order valence-corrected chi connectivity index (χ0v) is 9.76. The Bertz CT molecular complexity index is 349. The van der Waals surface area contributed by atoms with Crippen molar-refractivity contribution in [1.29, 1.82) is 0 Å². The summed E-state index contributed by atoms with van der Waals surface area (Å²) in [6.45, 7) is 1.78. The van der Waals surface area contributed by atoms with Crippen molar-refractivity contribution in [1.82, 2.24) is 5.32 Å². The molecular formula is C13H18F2N2. The molecule has 0 aromatic heterocycles. The molecule has 1 saturated heterocycles. The van der Waals surface area contributed by atoms with E-state index >= 15 is 0 Å². The molecule has 0 radical (unpaired) electrons. The number of halogens is 2. The average molecular weight is 240 g/mol. The topological polar surface area (TPSA) is 24.1 Å². The van der Waals surface area contributed by atoms with Gasteiger partial charge in [-0.15, -0.1) is 0 Å². The number of benzene rings is 1. The molecule has 1 aliphatic rings. The summed E-state index contributed by atoms with van der Waals surface area (Å²) in [5.41, 5.74) is 2.02. The molecule has 1 heterocycles. The van der Waals surface area contributed by atoms with Gasteiger partial charge >= 0.3 is 0 Å². The lowest BCUT2D eigenvalue weighted by Crippen LogP contribution is -2.28. The third-order valence-electron chi connectivity index (χ3n) is 3.12. The van der Waals surface area contributed by atoms with Crippen LogP contribution in [0.5, 0.6) is 0 Å². The zero-order valence-electron chi connectivity index (χ0n) is 9.76. The Morgan fingerprint density at radius 2 is 2.29 bits per heavy atom. The summed E-state index contributed by atoms with van der Waals surface area (Å²) in [6.07, 6.45) is 0.0417. The highest BCUT2D eigenvalue weighted by molar-refractivity contribution is 5.46. The predicted molar refractivity (Wildman–Crippen MR) is 65.8 cm³/mol. The zero-order chi connectivity index (χ0) is 12.1. The number of rotatable bonds is 4. The molecule has 0 amide bonds. The highest BCUT2D eigenvalue weighted by Crippen LogP contribution is 2.25. The van der Waals surface area contributed by atoms with E-state index in [2.05, 4.69) is 16.7 Å². The van der Waals surface area contributed by atoms with E-state index in [-0.39, 0.29) is 6.54 Å². The van der Waals surface area contributed by atoms with Gasteiger partial charge in [-0.05, 0) is 43.0 Å². The third kappa shape index (κ3) is 3.66. The quantitative estimate of drug-likeness (QED) is 0.845. The minimum atomic E-state index is -2.31. The van der Waals surface area contributed by atoms with Crippen molar-refractivity contribution < 1.29 is 8.78 Å². The van der Waals surface area contributed by atoms with Crippen LogP contribution in [0.4, 0.5) is 14.5 Å². The smallest absolute Gasteiger partial charge is 0.255 e. The summed E-state index contributed by atoms with van der Waals surface area (Å²) in [5.74, 6) is 0.511. The molecule has 94 valence electrons. The van der Waals surface area contributed by atoms with Gasteiger partial charge in [0.2, 0.25) is 0 Å². The predicted octanol–water partition coefficient (Wildman–Crippen LogP) is 2.83. The number of hydrogen-bond donors (Lipinski definition) is 2. The van der Waals surface area contributed by atoms with Crippen LogP contribution >= 0.6 is 0 Å². The second-order valence-electron chi connectivity index (χ2n) is 4.44. The van der Waals surface area contributed by atoms with E-state index in [0.29, 0.717) is 5.92 Å². The van der Waals surface area contributed by atoms with Crippen molar-refractivity contribution in [2.45, 2.75) is 25.2 Å². The molecule has 2 N–H and O–H groups in total. The average Bonchev–Trinajstić information content (AvgIpc) is 2.38. The first kappa shape index (κ1) is 12.3. The summed E-state index contributed by atoms with van der Waals surface area (Å²) in [7, 11) is 0. The molecule has 0 bridgehead atoms. The maximum atomic E-state index is 12.1. The van der Waals surface area contributed by atoms with Crippen LogP contribution in [0.1, 0.15) is 24.3 Å². The van der Waals surface area contributed by atoms with Gasteiger partial charge in [0.25, 0.3) is 6.43 Å². The maximum Gasteiger partial charge on any atom is 0.255 e. The molecule has 0 saturated carbocycles. The number of piperidine rings is 1. The van der Waals surface area contributed by atoms with E-state index in [4.69, 9.17) is 0 Å². The van der Waals surface area contributed by atoms with E-state index in [9.17, 15) is 8.78 Å². The first-order chi connectivity index (χ1) is 8.25. The third-order valence-corrected chi connectivity index (χ3v) is 3.12. The Morgan fingerprint density at radius 1 is 1.41 bits per heavy atom. The number of anilines is 1. The van der Waals surface area contributed by atoms with Gasteiger partial charge in [-0.2, -0.15) is 0 Å². The first-order valence-electron chi connectivity index (χ1n) is 6.08. The van der Waals surface area contributed by atoms with Crippen LogP contribution in [-0.2, 0) is 0 Å². The van der Waals surface area contributed by atoms with Gasteiger partial charge < -0.3 is 10.6 Å². The van der Waals surface area contributed by atoms with Crippen molar-refractivity contribution in [3.63, 3.8) is 0 Å². The molecule has 1 aromatic rings. The van der Waals surface area contributed by atoms with Gasteiger partial charge in [0.1, 0.15) is 0 Å². The minimum Gasteiger partial charge on any atom is -0.379 e. The van der Waals surface area contributed by atoms with Crippen LogP contribution in [-0.4, -0.2) is 26.1 Å². The molecule has 2 nitrogen and oxygen atoms in total. The second kappa shape index (κ2) is 5.96. The maximum absolute atomic E-state index is 12.1. The summed E-state index contributed by atoms with van der Waals surface area (Å²) >= 11 is 0. The van der Waals surface area contributed by atoms with Crippen molar-refractivity contribution in [3.05, 3.63) is 29.8 Å². The molecule has 1 aromatic carbocycles. The van der Waals surface area contributed by atoms with Gasteiger partial charge in [0.05, 0.1) is 6.54 Å². The van der Waals surface area contributed by atoms with Crippen molar-refractivity contribution in [2.24, 2.45) is 0 Å². The minimum absolute atomic E-state index is 0.285. The molecule has 1 fully saturated rings. The Labute approximate surface area is 100 Å². The highest BCUT2D eigenvalue weighted by Gasteiger charge is 2.15. The van der Waals surface area contributed by atoms with Gasteiger partial charge in [-0.3, -0.25) is 0 Å². The lowest BCUT2D eigenvalue weighted by molar-refractivity contribution is 0.163. The fourth-order valence-electron chi connectivity index (χ4n) is 2.23. The van der Waals surface area contributed by atoms with Gasteiger partial charge in [0.15, 0.2) is 0 Å². The lowest BCUT2D eigenvalue weighted by atomic mass is 9.91. The summed E-state index contributed by atoms with van der Waals surface area (Å²) < 4.78 is 24.2. The van der Waals surface area contributed by atoms with Crippen molar-refractivity contribution in [3.8, 4) is 0 Å². The van der Waals surface area contributed by atoms with Crippen LogP contribution in [0.25, 0.3) is 0 Å². The highest BCUT2D eigenvalue weighted by atomic mass is 19.3. The van der Waals surface area contributed by atoms with Gasteiger partial charge in [-0.1, -0.05) is 12.1 Å². The molecule has 0 aliphatic carbocycles. The normalized spacial score (nSPS) is 20.5. The van der Waals surface area contributed by atoms with E-state index in [0.717, 1.165) is 18.8 Å². The summed E-state index contributed by atoms with van der Waals surface area (Å²) in [6, 6.07) is 7.82. The fraction of sp³-hybridized carbons (Fsp3) is 0.538. The fourth-order valence-corrected chi connectivity index (χ4v) is 2.23. The van der Waals surface area contributed by atoms with Crippen LogP contribution in [0, 0.1) is 0 Å². The van der Waals surface area contributed by atoms with Crippen molar-refractivity contribution in [2.75, 3.05) is 25.0 Å². The standard InChI is InChI=1S/C13H18F2N2/c14-13(15)9-17-12-5-1-3-10(7-12)11-4-2-6-16-8-11/h1,3,5,7,11,13,16-17H,2,4,6,8-9H2. The second-order valence-corrected chi connectivity index (χ2v) is 4.44. The van der Waals surface area contributed by atoms with Gasteiger partial charge in [-0.25, -0.2) is 8.78 Å². The van der Waals surface area contributed by atoms with E-state index in [1.165, 1.54) is 18.4 Å². The number of alkyl halides is 2. The molecular weight excluding hydrogens is 222 g/mol. The van der Waals surface area contributed by atoms with E-state index < -0.39 is 6.43 Å². The lowest BCUT2D eigenvalue weighted by Gasteiger charge is -2.23. The molecule has 1 unspecified atom stereocenters. The molecule has 17 heavy (non-hydrogen) atoms. The summed E-state index contributed by atoms with van der Waals surface area (Å²) in [5, 5.41) is 6.12. The van der Waals surface area contributed by atoms with Gasteiger partial charge in [0, 0.05) is 12.2 Å². The Balaban J connectivity index is 2.00. The SMILES string of the molecule is FC(F)CNc1cccc(C2CCCNC2)c1. The van der Waals surface area contributed by atoms with E-state index in [1.54, 1.807) is 0 Å². The largest absolute Gasteiger partial charge is 0.379 e. The van der Waals surface area contributed by atoms with Crippen LogP contribution < -0.4 is 10.6 Å². The monoisotopic (exact) mass is 240 g/mol. The number of nitrogens with one attached hydrogen (secondary N) is 2.